The number of fused-ring (bicyclic) bond motifs is 1. The van der Waals surface area contributed by atoms with Crippen molar-refractivity contribution in [1.29, 1.82) is 0 Å². The molecule has 2 aromatic carbocycles. The van der Waals surface area contributed by atoms with E-state index in [1.54, 1.807) is 24.3 Å². The summed E-state index contributed by atoms with van der Waals surface area (Å²) in [4.78, 5) is 17.0. The number of hydrogen-bond donors (Lipinski definition) is 2. The van der Waals surface area contributed by atoms with E-state index in [0.717, 1.165) is 29.5 Å². The molecule has 136 valence electrons. The Hall–Kier alpha value is -2.87. The van der Waals surface area contributed by atoms with Gasteiger partial charge in [-0.2, -0.15) is 0 Å². The lowest BCUT2D eigenvalue weighted by Gasteiger charge is -2.10. The van der Waals surface area contributed by atoms with Gasteiger partial charge in [-0.15, -0.1) is 0 Å². The molecule has 26 heavy (non-hydrogen) atoms. The second-order valence-electron chi connectivity index (χ2n) is 5.96. The predicted octanol–water partition coefficient (Wildman–Crippen LogP) is 2.61. The fourth-order valence-electron chi connectivity index (χ4n) is 2.75. The highest BCUT2D eigenvalue weighted by Crippen LogP contribution is 2.18. The lowest BCUT2D eigenvalue weighted by molar-refractivity contribution is -0.116. The Morgan fingerprint density at radius 3 is 2.38 bits per heavy atom. The Kier molecular flexibility index (Phi) is 4.94. The third-order valence-electron chi connectivity index (χ3n) is 3.82. The standard InChI is InChI=1S/C18H20N4O3S/c1-3-17-20-15-6-4-5-7-16(15)22(17)12-18(23)19-13-8-10-14(11-9-13)21-26(2,24)25/h4-11,21H,3,12H2,1-2H3,(H,19,23). The van der Waals surface area contributed by atoms with Gasteiger partial charge in [0.2, 0.25) is 15.9 Å². The molecule has 3 aromatic rings. The number of nitrogens with zero attached hydrogens (tertiary/aromatic N) is 2. The van der Waals surface area contributed by atoms with Gasteiger partial charge in [0.05, 0.1) is 17.3 Å². The van der Waals surface area contributed by atoms with Crippen LogP contribution in [0.3, 0.4) is 0 Å². The Balaban J connectivity index is 1.73. The van der Waals surface area contributed by atoms with Gasteiger partial charge in [-0.25, -0.2) is 13.4 Å². The summed E-state index contributed by atoms with van der Waals surface area (Å²) in [6.45, 7) is 2.16. The molecule has 3 rings (SSSR count). The van der Waals surface area contributed by atoms with Crippen LogP contribution in [0.5, 0.6) is 0 Å². The molecule has 2 N–H and O–H groups in total. The number of hydrogen-bond acceptors (Lipinski definition) is 4. The smallest absolute Gasteiger partial charge is 0.244 e. The molecule has 8 heteroatoms. The molecule has 0 saturated heterocycles. The maximum atomic E-state index is 12.4. The van der Waals surface area contributed by atoms with E-state index in [9.17, 15) is 13.2 Å². The maximum Gasteiger partial charge on any atom is 0.244 e. The Morgan fingerprint density at radius 2 is 1.73 bits per heavy atom. The van der Waals surface area contributed by atoms with Gasteiger partial charge in [-0.05, 0) is 36.4 Å². The minimum Gasteiger partial charge on any atom is -0.325 e. The summed E-state index contributed by atoms with van der Waals surface area (Å²) in [7, 11) is -3.32. The highest BCUT2D eigenvalue weighted by Gasteiger charge is 2.12. The number of aryl methyl sites for hydroxylation is 1. The van der Waals surface area contributed by atoms with Gasteiger partial charge in [0.15, 0.2) is 0 Å². The van der Waals surface area contributed by atoms with E-state index in [4.69, 9.17) is 0 Å². The van der Waals surface area contributed by atoms with Crippen LogP contribution in [0.1, 0.15) is 12.7 Å². The van der Waals surface area contributed by atoms with Crippen molar-refractivity contribution in [2.24, 2.45) is 0 Å². The van der Waals surface area contributed by atoms with Crippen molar-refractivity contribution in [2.75, 3.05) is 16.3 Å². The number of benzene rings is 2. The van der Waals surface area contributed by atoms with Crippen molar-refractivity contribution in [2.45, 2.75) is 19.9 Å². The highest BCUT2D eigenvalue weighted by atomic mass is 32.2. The molecule has 7 nitrogen and oxygen atoms in total. The summed E-state index contributed by atoms with van der Waals surface area (Å²) in [6, 6.07) is 14.2. The zero-order chi connectivity index (χ0) is 18.7. The molecule has 0 saturated carbocycles. The Bertz CT molecular complexity index is 1040. The predicted molar refractivity (Wildman–Crippen MR) is 103 cm³/mol. The minimum absolute atomic E-state index is 0.160. The van der Waals surface area contributed by atoms with E-state index in [1.807, 2.05) is 35.8 Å². The van der Waals surface area contributed by atoms with Gasteiger partial charge in [0.25, 0.3) is 0 Å². The van der Waals surface area contributed by atoms with Crippen LogP contribution < -0.4 is 10.0 Å². The van der Waals surface area contributed by atoms with Gasteiger partial charge in [0.1, 0.15) is 12.4 Å². The molecule has 0 aliphatic heterocycles. The van der Waals surface area contributed by atoms with Crippen LogP contribution >= 0.6 is 0 Å². The molecule has 0 aliphatic rings. The highest BCUT2D eigenvalue weighted by molar-refractivity contribution is 7.92. The average Bonchev–Trinajstić information content (AvgIpc) is 2.93. The van der Waals surface area contributed by atoms with Crippen LogP contribution in [0.25, 0.3) is 11.0 Å². The summed E-state index contributed by atoms with van der Waals surface area (Å²) < 4.78 is 26.7. The maximum absolute atomic E-state index is 12.4. The molecule has 1 amide bonds. The van der Waals surface area contributed by atoms with Crippen molar-refractivity contribution >= 4 is 38.3 Å². The van der Waals surface area contributed by atoms with Crippen LogP contribution in [0.2, 0.25) is 0 Å². The van der Waals surface area contributed by atoms with Crippen molar-refractivity contribution in [3.63, 3.8) is 0 Å². The van der Waals surface area contributed by atoms with Crippen LogP contribution in [0.4, 0.5) is 11.4 Å². The van der Waals surface area contributed by atoms with Crippen molar-refractivity contribution in [3.8, 4) is 0 Å². The van der Waals surface area contributed by atoms with E-state index in [0.29, 0.717) is 11.4 Å². The number of carbonyl (C=O) groups excluding carboxylic acids is 1. The topological polar surface area (TPSA) is 93.1 Å². The molecular weight excluding hydrogens is 352 g/mol. The first-order valence-electron chi connectivity index (χ1n) is 8.17. The fourth-order valence-corrected chi connectivity index (χ4v) is 3.32. The van der Waals surface area contributed by atoms with Gasteiger partial charge < -0.3 is 9.88 Å². The van der Waals surface area contributed by atoms with Gasteiger partial charge in [-0.1, -0.05) is 19.1 Å². The number of amides is 1. The third kappa shape index (κ3) is 4.20. The van der Waals surface area contributed by atoms with E-state index in [1.165, 1.54) is 0 Å². The molecular formula is C18H20N4O3S. The number of para-hydroxylation sites is 2. The number of imidazole rings is 1. The zero-order valence-electron chi connectivity index (χ0n) is 14.6. The molecule has 1 aromatic heterocycles. The van der Waals surface area contributed by atoms with Gasteiger partial charge in [0, 0.05) is 17.8 Å². The summed E-state index contributed by atoms with van der Waals surface area (Å²) in [6.07, 6.45) is 1.82. The van der Waals surface area contributed by atoms with E-state index >= 15 is 0 Å². The average molecular weight is 372 g/mol. The molecule has 0 fully saturated rings. The summed E-state index contributed by atoms with van der Waals surface area (Å²) in [5, 5.41) is 2.82. The number of nitrogens with one attached hydrogen (secondary N) is 2. The lowest BCUT2D eigenvalue weighted by Crippen LogP contribution is -2.20. The molecule has 0 spiro atoms. The number of rotatable bonds is 6. The normalized spacial score (nSPS) is 11.5. The molecule has 0 radical (unpaired) electrons. The van der Waals surface area contributed by atoms with Gasteiger partial charge in [-0.3, -0.25) is 9.52 Å². The quantitative estimate of drug-likeness (QED) is 0.696. The Morgan fingerprint density at radius 1 is 1.08 bits per heavy atom. The summed E-state index contributed by atoms with van der Waals surface area (Å²) in [5.74, 6) is 0.681. The number of anilines is 2. The molecule has 0 bridgehead atoms. The second-order valence-corrected chi connectivity index (χ2v) is 7.70. The van der Waals surface area contributed by atoms with Crippen molar-refractivity contribution in [3.05, 3.63) is 54.4 Å². The fraction of sp³-hybridized carbons (Fsp3) is 0.222. The second kappa shape index (κ2) is 7.17. The number of sulfonamides is 1. The van der Waals surface area contributed by atoms with Crippen LogP contribution in [-0.2, 0) is 27.8 Å². The summed E-state index contributed by atoms with van der Waals surface area (Å²) >= 11 is 0. The van der Waals surface area contributed by atoms with Crippen molar-refractivity contribution in [1.82, 2.24) is 9.55 Å². The lowest BCUT2D eigenvalue weighted by atomic mass is 10.3. The van der Waals surface area contributed by atoms with E-state index in [-0.39, 0.29) is 12.5 Å². The van der Waals surface area contributed by atoms with Crippen LogP contribution in [0, 0.1) is 0 Å². The zero-order valence-corrected chi connectivity index (χ0v) is 15.4. The van der Waals surface area contributed by atoms with Gasteiger partial charge >= 0.3 is 0 Å². The Labute approximate surface area is 152 Å². The first kappa shape index (κ1) is 17.9. The number of carbonyl (C=O) groups is 1. The first-order valence-corrected chi connectivity index (χ1v) is 10.1. The minimum atomic E-state index is -3.32. The summed E-state index contributed by atoms with van der Waals surface area (Å²) in [5.41, 5.74) is 2.83. The first-order chi connectivity index (χ1) is 12.4. The largest absolute Gasteiger partial charge is 0.325 e. The SMILES string of the molecule is CCc1nc2ccccc2n1CC(=O)Nc1ccc(NS(C)(=O)=O)cc1. The molecule has 0 atom stereocenters. The number of aromatic nitrogens is 2. The molecule has 1 heterocycles. The molecule has 0 aliphatic carbocycles. The van der Waals surface area contributed by atoms with E-state index < -0.39 is 10.0 Å². The van der Waals surface area contributed by atoms with Crippen LogP contribution in [-0.4, -0.2) is 30.1 Å². The molecule has 0 unspecified atom stereocenters. The van der Waals surface area contributed by atoms with E-state index in [2.05, 4.69) is 15.0 Å². The monoisotopic (exact) mass is 372 g/mol. The van der Waals surface area contributed by atoms with Crippen molar-refractivity contribution < 1.29 is 13.2 Å². The van der Waals surface area contributed by atoms with Crippen LogP contribution in [0.15, 0.2) is 48.5 Å². The third-order valence-corrected chi connectivity index (χ3v) is 4.43.